The minimum atomic E-state index is -0.592. The lowest BCUT2D eigenvalue weighted by atomic mass is 10.0. The van der Waals surface area contributed by atoms with Gasteiger partial charge in [-0.1, -0.05) is 90.7 Å². The minimum absolute atomic E-state index is 0.117. The molecule has 2 aromatic carbocycles. The molecule has 8 heteroatoms. The van der Waals surface area contributed by atoms with Gasteiger partial charge in [-0.15, -0.1) is 0 Å². The summed E-state index contributed by atoms with van der Waals surface area (Å²) in [6.07, 6.45) is 13.1. The molecule has 0 aliphatic heterocycles. The number of nitrogens with one attached hydrogen (secondary N) is 2. The lowest BCUT2D eigenvalue weighted by Gasteiger charge is -2.17. The third kappa shape index (κ3) is 12.6. The minimum Gasteiger partial charge on any atom is -0.506 e. The third-order valence-corrected chi connectivity index (χ3v) is 6.82. The van der Waals surface area contributed by atoms with E-state index in [2.05, 4.69) is 17.6 Å². The number of carbonyl (C=O) groups is 2. The van der Waals surface area contributed by atoms with Crippen LogP contribution in [0.5, 0.6) is 11.5 Å². The molecule has 8 nitrogen and oxygen atoms in total. The van der Waals surface area contributed by atoms with Gasteiger partial charge in [0.05, 0.1) is 29.9 Å². The first kappa shape index (κ1) is 34.2. The van der Waals surface area contributed by atoms with E-state index < -0.39 is 12.0 Å². The molecule has 0 heterocycles. The molecule has 0 saturated heterocycles. The molecule has 0 saturated carbocycles. The highest BCUT2D eigenvalue weighted by Crippen LogP contribution is 2.40. The largest absolute Gasteiger partial charge is 0.506 e. The number of fused-ring (bicyclic) bond motifs is 1. The summed E-state index contributed by atoms with van der Waals surface area (Å²) < 4.78 is 16.8. The van der Waals surface area contributed by atoms with Crippen LogP contribution < -0.4 is 15.4 Å². The summed E-state index contributed by atoms with van der Waals surface area (Å²) >= 11 is 0. The molecule has 41 heavy (non-hydrogen) atoms. The zero-order valence-corrected chi connectivity index (χ0v) is 25.7. The van der Waals surface area contributed by atoms with Crippen LogP contribution in [-0.4, -0.2) is 50.1 Å². The van der Waals surface area contributed by atoms with Crippen LogP contribution in [-0.2, 0) is 9.47 Å². The summed E-state index contributed by atoms with van der Waals surface area (Å²) in [5, 5.41) is 17.5. The molecule has 0 bridgehead atoms. The van der Waals surface area contributed by atoms with E-state index in [1.807, 2.05) is 20.8 Å². The highest BCUT2D eigenvalue weighted by molar-refractivity contribution is 6.11. The molecule has 0 aromatic heterocycles. The Bertz CT molecular complexity index is 1060. The Morgan fingerprint density at radius 2 is 1.56 bits per heavy atom. The van der Waals surface area contributed by atoms with Crippen molar-refractivity contribution < 1.29 is 28.9 Å². The predicted octanol–water partition coefficient (Wildman–Crippen LogP) is 8.21. The maximum atomic E-state index is 13.0. The number of amides is 2. The Labute approximate surface area is 246 Å². The van der Waals surface area contributed by atoms with Crippen molar-refractivity contribution in [1.82, 2.24) is 5.32 Å². The van der Waals surface area contributed by atoms with E-state index in [1.165, 1.54) is 63.9 Å². The number of rotatable bonds is 21. The number of phenols is 1. The highest BCUT2D eigenvalue weighted by Gasteiger charge is 2.21. The van der Waals surface area contributed by atoms with Crippen molar-refractivity contribution in [2.45, 2.75) is 98.3 Å². The first-order chi connectivity index (χ1) is 19.9. The molecule has 3 N–H and O–H groups in total. The lowest BCUT2D eigenvalue weighted by molar-refractivity contribution is 0.0937. The van der Waals surface area contributed by atoms with Crippen molar-refractivity contribution in [3.05, 3.63) is 29.8 Å². The number of ether oxygens (including phenoxy) is 3. The number of hydrogen-bond acceptors (Lipinski definition) is 6. The summed E-state index contributed by atoms with van der Waals surface area (Å²) in [5.41, 5.74) is 0.549. The molecule has 0 aliphatic rings. The Hall–Kier alpha value is -3.00. The Morgan fingerprint density at radius 3 is 2.22 bits per heavy atom. The van der Waals surface area contributed by atoms with Gasteiger partial charge in [0.15, 0.2) is 0 Å². The van der Waals surface area contributed by atoms with Crippen LogP contribution in [0.1, 0.15) is 109 Å². The average Bonchev–Trinajstić information content (AvgIpc) is 2.95. The zero-order chi connectivity index (χ0) is 29.9. The van der Waals surface area contributed by atoms with Gasteiger partial charge in [0.1, 0.15) is 11.5 Å². The van der Waals surface area contributed by atoms with Crippen molar-refractivity contribution >= 4 is 28.5 Å². The van der Waals surface area contributed by atoms with E-state index in [9.17, 15) is 14.7 Å². The fraction of sp³-hybridized carbons (Fsp3) is 0.636. The molecule has 0 atom stereocenters. The van der Waals surface area contributed by atoms with Crippen LogP contribution >= 0.6 is 0 Å². The molecule has 0 fully saturated rings. The average molecular weight is 573 g/mol. The quantitative estimate of drug-likeness (QED) is 0.130. The van der Waals surface area contributed by atoms with Crippen LogP contribution in [0.4, 0.5) is 10.5 Å². The third-order valence-electron chi connectivity index (χ3n) is 6.82. The van der Waals surface area contributed by atoms with Gasteiger partial charge < -0.3 is 24.6 Å². The molecule has 2 aromatic rings. The molecule has 0 aliphatic carbocycles. The van der Waals surface area contributed by atoms with E-state index in [-0.39, 0.29) is 23.8 Å². The summed E-state index contributed by atoms with van der Waals surface area (Å²) in [4.78, 5) is 25.3. The molecule has 2 amide bonds. The Morgan fingerprint density at radius 1 is 0.902 bits per heavy atom. The van der Waals surface area contributed by atoms with Gasteiger partial charge in [-0.2, -0.15) is 0 Å². The SMILES string of the molecule is CCCCCCCCCCCCOCCCNC(=O)c1cc(OCC)c2c(NC(=O)OCC(C)C)cccc2c1O. The van der Waals surface area contributed by atoms with Crippen LogP contribution in [0.25, 0.3) is 10.8 Å². The topological polar surface area (TPSA) is 106 Å². The van der Waals surface area contributed by atoms with Gasteiger partial charge in [0.2, 0.25) is 0 Å². The number of aromatic hydroxyl groups is 1. The fourth-order valence-electron chi connectivity index (χ4n) is 4.63. The Kier molecular flexibility index (Phi) is 16.7. The van der Waals surface area contributed by atoms with E-state index >= 15 is 0 Å². The molecular formula is C33H52N2O6. The van der Waals surface area contributed by atoms with Crippen LogP contribution in [0.2, 0.25) is 0 Å². The summed E-state index contributed by atoms with van der Waals surface area (Å²) in [5.74, 6) is 0.0330. The molecule has 0 radical (unpaired) electrons. The van der Waals surface area contributed by atoms with Crippen molar-refractivity contribution in [2.75, 3.05) is 38.3 Å². The zero-order valence-electron chi connectivity index (χ0n) is 25.7. The van der Waals surface area contributed by atoms with Gasteiger partial charge >= 0.3 is 6.09 Å². The van der Waals surface area contributed by atoms with Crippen molar-refractivity contribution in [3.8, 4) is 11.5 Å². The van der Waals surface area contributed by atoms with Crippen molar-refractivity contribution in [1.29, 1.82) is 0 Å². The summed E-state index contributed by atoms with van der Waals surface area (Å²) in [6, 6.07) is 6.61. The molecule has 0 unspecified atom stereocenters. The van der Waals surface area contributed by atoms with E-state index in [0.29, 0.717) is 48.4 Å². The van der Waals surface area contributed by atoms with E-state index in [4.69, 9.17) is 14.2 Å². The van der Waals surface area contributed by atoms with Crippen molar-refractivity contribution in [2.24, 2.45) is 5.92 Å². The van der Waals surface area contributed by atoms with Gasteiger partial charge in [0, 0.05) is 25.1 Å². The van der Waals surface area contributed by atoms with Crippen molar-refractivity contribution in [3.63, 3.8) is 0 Å². The lowest BCUT2D eigenvalue weighted by Crippen LogP contribution is -2.25. The maximum absolute atomic E-state index is 13.0. The molecule has 230 valence electrons. The fourth-order valence-corrected chi connectivity index (χ4v) is 4.63. The van der Waals surface area contributed by atoms with Crippen LogP contribution in [0.3, 0.4) is 0 Å². The van der Waals surface area contributed by atoms with E-state index in [0.717, 1.165) is 13.0 Å². The second kappa shape index (κ2) is 20.0. The van der Waals surface area contributed by atoms with Gasteiger partial charge in [0.25, 0.3) is 5.91 Å². The number of unbranched alkanes of at least 4 members (excludes halogenated alkanes) is 9. The molecule has 0 spiro atoms. The monoisotopic (exact) mass is 572 g/mol. The van der Waals surface area contributed by atoms with Crippen LogP contribution in [0.15, 0.2) is 24.3 Å². The number of carbonyl (C=O) groups excluding carboxylic acids is 2. The Balaban J connectivity index is 1.81. The first-order valence-corrected chi connectivity index (χ1v) is 15.6. The van der Waals surface area contributed by atoms with Gasteiger partial charge in [-0.3, -0.25) is 10.1 Å². The van der Waals surface area contributed by atoms with Gasteiger partial charge in [-0.05, 0) is 37.8 Å². The summed E-state index contributed by atoms with van der Waals surface area (Å²) in [7, 11) is 0. The standard InChI is InChI=1S/C33H52N2O6/c1-5-7-8-9-10-11-12-13-14-15-21-39-22-17-20-34-32(37)27-23-29(40-6-2)30-26(31(27)36)18-16-19-28(30)35-33(38)41-24-25(3)4/h16,18-19,23,25,36H,5-15,17,20-22,24H2,1-4H3,(H,34,37)(H,35,38). The predicted molar refractivity (Wildman–Crippen MR) is 166 cm³/mol. The normalized spacial score (nSPS) is 11.1. The van der Waals surface area contributed by atoms with E-state index in [1.54, 1.807) is 18.2 Å². The smallest absolute Gasteiger partial charge is 0.411 e. The molecule has 2 rings (SSSR count). The first-order valence-electron chi connectivity index (χ1n) is 15.6. The molecular weight excluding hydrogens is 520 g/mol. The number of hydrogen-bond donors (Lipinski definition) is 3. The maximum Gasteiger partial charge on any atom is 0.411 e. The highest BCUT2D eigenvalue weighted by atomic mass is 16.5. The number of anilines is 1. The second-order valence-corrected chi connectivity index (χ2v) is 11.0. The van der Waals surface area contributed by atoms with Gasteiger partial charge in [-0.25, -0.2) is 4.79 Å². The number of phenolic OH excluding ortho intramolecular Hbond substituents is 1. The number of benzene rings is 2. The summed E-state index contributed by atoms with van der Waals surface area (Å²) in [6.45, 7) is 10.4. The second-order valence-electron chi connectivity index (χ2n) is 11.0. The van der Waals surface area contributed by atoms with Crippen LogP contribution in [0, 0.1) is 5.92 Å².